The molecule has 0 atom stereocenters. The lowest BCUT2D eigenvalue weighted by molar-refractivity contribution is 0.514. The van der Waals surface area contributed by atoms with Crippen LogP contribution in [0.15, 0.2) is 0 Å². The summed E-state index contributed by atoms with van der Waals surface area (Å²) in [6, 6.07) is 0.201. The second kappa shape index (κ2) is 2.76. The Balaban J connectivity index is 3.05. The molecule has 56 valence electrons. The first-order valence-corrected chi connectivity index (χ1v) is 3.64. The Labute approximate surface area is 68.9 Å². The molecule has 1 aromatic heterocycles. The fourth-order valence-electron chi connectivity index (χ4n) is 0.592. The van der Waals surface area contributed by atoms with Crippen LogP contribution in [0.25, 0.3) is 0 Å². The van der Waals surface area contributed by atoms with E-state index < -0.39 is 0 Å². The van der Waals surface area contributed by atoms with E-state index in [-0.39, 0.29) is 11.2 Å². The second-order valence-electron chi connectivity index (χ2n) is 2.21. The quantitative estimate of drug-likeness (QED) is 0.662. The van der Waals surface area contributed by atoms with Crippen LogP contribution >= 0.6 is 23.2 Å². The van der Waals surface area contributed by atoms with Gasteiger partial charge in [-0.2, -0.15) is 0 Å². The molecule has 1 aromatic rings. The zero-order valence-electron chi connectivity index (χ0n) is 5.67. The van der Waals surface area contributed by atoms with Crippen LogP contribution in [-0.4, -0.2) is 15.0 Å². The first kappa shape index (κ1) is 7.82. The summed E-state index contributed by atoms with van der Waals surface area (Å²) in [5.41, 5.74) is 0. The van der Waals surface area contributed by atoms with Crippen LogP contribution in [0.4, 0.5) is 0 Å². The second-order valence-corrected chi connectivity index (χ2v) is 2.93. The normalized spacial score (nSPS) is 10.9. The lowest BCUT2D eigenvalue weighted by Gasteiger charge is -2.03. The summed E-state index contributed by atoms with van der Waals surface area (Å²) in [7, 11) is 0. The van der Waals surface area contributed by atoms with Gasteiger partial charge in [0.05, 0.1) is 0 Å². The van der Waals surface area contributed by atoms with E-state index in [9.17, 15) is 0 Å². The van der Waals surface area contributed by atoms with Crippen molar-refractivity contribution >= 4 is 23.2 Å². The van der Waals surface area contributed by atoms with E-state index in [1.165, 1.54) is 0 Å². The highest BCUT2D eigenvalue weighted by molar-refractivity contribution is 6.40. The Kier molecular flexibility index (Phi) is 2.16. The SMILES string of the molecule is CC(C)n1nnc(Cl)c1Cl. The van der Waals surface area contributed by atoms with Crippen LogP contribution in [0.5, 0.6) is 0 Å². The number of hydrogen-bond acceptors (Lipinski definition) is 2. The van der Waals surface area contributed by atoms with Crippen molar-refractivity contribution in [2.75, 3.05) is 0 Å². The van der Waals surface area contributed by atoms with E-state index in [1.807, 2.05) is 13.8 Å². The largest absolute Gasteiger partial charge is 0.230 e. The molecule has 0 unspecified atom stereocenters. The van der Waals surface area contributed by atoms with Crippen LogP contribution in [0.1, 0.15) is 19.9 Å². The van der Waals surface area contributed by atoms with Crippen molar-refractivity contribution in [2.24, 2.45) is 0 Å². The molecule has 0 aromatic carbocycles. The first-order valence-electron chi connectivity index (χ1n) is 2.89. The summed E-state index contributed by atoms with van der Waals surface area (Å²) in [6.07, 6.45) is 0. The summed E-state index contributed by atoms with van der Waals surface area (Å²) in [6.45, 7) is 3.91. The molecule has 0 N–H and O–H groups in total. The third-order valence-corrected chi connectivity index (χ3v) is 1.79. The monoisotopic (exact) mass is 179 g/mol. The summed E-state index contributed by atoms with van der Waals surface area (Å²) in [4.78, 5) is 0. The van der Waals surface area contributed by atoms with E-state index in [2.05, 4.69) is 10.3 Å². The van der Waals surface area contributed by atoms with Crippen LogP contribution in [-0.2, 0) is 0 Å². The fraction of sp³-hybridized carbons (Fsp3) is 0.600. The maximum absolute atomic E-state index is 5.71. The van der Waals surface area contributed by atoms with Gasteiger partial charge in [-0.25, -0.2) is 4.68 Å². The molecule has 3 nitrogen and oxygen atoms in total. The smallest absolute Gasteiger partial charge is 0.190 e. The molecular formula is C5H7Cl2N3. The number of rotatable bonds is 1. The van der Waals surface area contributed by atoms with Crippen molar-refractivity contribution in [3.05, 3.63) is 10.3 Å². The summed E-state index contributed by atoms with van der Waals surface area (Å²) in [5.74, 6) is 0. The summed E-state index contributed by atoms with van der Waals surface area (Å²) < 4.78 is 1.56. The molecule has 0 bridgehead atoms. The van der Waals surface area contributed by atoms with Crippen LogP contribution < -0.4 is 0 Å². The minimum absolute atomic E-state index is 0.201. The maximum Gasteiger partial charge on any atom is 0.190 e. The molecule has 0 fully saturated rings. The minimum atomic E-state index is 0.201. The van der Waals surface area contributed by atoms with Gasteiger partial charge in [-0.3, -0.25) is 0 Å². The standard InChI is InChI=1S/C5H7Cl2N3/c1-3(2)10-5(7)4(6)8-9-10/h3H,1-2H3. The van der Waals surface area contributed by atoms with Crippen molar-refractivity contribution in [2.45, 2.75) is 19.9 Å². The van der Waals surface area contributed by atoms with Gasteiger partial charge in [-0.1, -0.05) is 28.4 Å². The van der Waals surface area contributed by atoms with E-state index in [1.54, 1.807) is 4.68 Å². The molecular weight excluding hydrogens is 173 g/mol. The van der Waals surface area contributed by atoms with Gasteiger partial charge in [-0.05, 0) is 13.8 Å². The van der Waals surface area contributed by atoms with Crippen molar-refractivity contribution in [3.63, 3.8) is 0 Å². The van der Waals surface area contributed by atoms with Gasteiger partial charge < -0.3 is 0 Å². The van der Waals surface area contributed by atoms with Gasteiger partial charge >= 0.3 is 0 Å². The zero-order chi connectivity index (χ0) is 7.72. The Hall–Kier alpha value is -0.280. The van der Waals surface area contributed by atoms with E-state index in [0.29, 0.717) is 5.15 Å². The third-order valence-electron chi connectivity index (χ3n) is 1.09. The predicted octanol–water partition coefficient (Wildman–Crippen LogP) is 2.17. The molecule has 0 radical (unpaired) electrons. The molecule has 1 rings (SSSR count). The topological polar surface area (TPSA) is 30.7 Å². The maximum atomic E-state index is 5.71. The van der Waals surface area contributed by atoms with Crippen molar-refractivity contribution < 1.29 is 0 Å². The minimum Gasteiger partial charge on any atom is -0.230 e. The van der Waals surface area contributed by atoms with Crippen LogP contribution in [0.3, 0.4) is 0 Å². The fourth-order valence-corrected chi connectivity index (χ4v) is 0.980. The molecule has 0 saturated heterocycles. The van der Waals surface area contributed by atoms with E-state index in [4.69, 9.17) is 23.2 Å². The first-order chi connectivity index (χ1) is 4.63. The Morgan fingerprint density at radius 1 is 1.40 bits per heavy atom. The highest BCUT2D eigenvalue weighted by Gasteiger charge is 2.09. The summed E-state index contributed by atoms with van der Waals surface area (Å²) in [5, 5.41) is 7.96. The van der Waals surface area contributed by atoms with Crippen LogP contribution in [0, 0.1) is 0 Å². The van der Waals surface area contributed by atoms with Crippen LogP contribution in [0.2, 0.25) is 10.3 Å². The third kappa shape index (κ3) is 1.25. The number of hydrogen-bond donors (Lipinski definition) is 0. The zero-order valence-corrected chi connectivity index (χ0v) is 7.19. The molecule has 0 aliphatic heterocycles. The van der Waals surface area contributed by atoms with Gasteiger partial charge in [0.15, 0.2) is 10.3 Å². The number of nitrogens with zero attached hydrogens (tertiary/aromatic N) is 3. The van der Waals surface area contributed by atoms with Gasteiger partial charge in [0.1, 0.15) is 0 Å². The molecule has 0 saturated carbocycles. The molecule has 0 aliphatic rings. The van der Waals surface area contributed by atoms with Gasteiger partial charge in [0.25, 0.3) is 0 Å². The lowest BCUT2D eigenvalue weighted by atomic mass is 10.4. The molecule has 5 heteroatoms. The number of halogens is 2. The van der Waals surface area contributed by atoms with Gasteiger partial charge in [-0.15, -0.1) is 5.10 Å². The molecule has 1 heterocycles. The van der Waals surface area contributed by atoms with E-state index >= 15 is 0 Å². The predicted molar refractivity (Wildman–Crippen MR) is 40.4 cm³/mol. The number of aromatic nitrogens is 3. The molecule has 0 spiro atoms. The highest BCUT2D eigenvalue weighted by Crippen LogP contribution is 2.20. The van der Waals surface area contributed by atoms with Crippen molar-refractivity contribution in [1.29, 1.82) is 0 Å². The summed E-state index contributed by atoms with van der Waals surface area (Å²) >= 11 is 11.3. The molecule has 0 amide bonds. The average molecular weight is 180 g/mol. The van der Waals surface area contributed by atoms with Gasteiger partial charge in [0.2, 0.25) is 0 Å². The molecule has 0 aliphatic carbocycles. The van der Waals surface area contributed by atoms with E-state index in [0.717, 1.165) is 0 Å². The van der Waals surface area contributed by atoms with Gasteiger partial charge in [0, 0.05) is 6.04 Å². The molecule has 10 heavy (non-hydrogen) atoms. The van der Waals surface area contributed by atoms with Crippen molar-refractivity contribution in [3.8, 4) is 0 Å². The average Bonchev–Trinajstić information content (AvgIpc) is 2.14. The Morgan fingerprint density at radius 3 is 2.20 bits per heavy atom. The lowest BCUT2D eigenvalue weighted by Crippen LogP contribution is -2.02. The van der Waals surface area contributed by atoms with Crippen molar-refractivity contribution in [1.82, 2.24) is 15.0 Å². The highest BCUT2D eigenvalue weighted by atomic mass is 35.5. The Bertz CT molecular complexity index is 231. The Morgan fingerprint density at radius 2 is 2.00 bits per heavy atom.